The maximum absolute atomic E-state index is 11.9. The summed E-state index contributed by atoms with van der Waals surface area (Å²) in [4.78, 5) is 14.1. The number of carbonyl (C=O) groups excluding carboxylic acids is 1. The second-order valence-corrected chi connectivity index (χ2v) is 7.87. The van der Waals surface area contributed by atoms with Gasteiger partial charge in [-0.1, -0.05) is 0 Å². The predicted molar refractivity (Wildman–Crippen MR) is 70.0 cm³/mol. The van der Waals surface area contributed by atoms with Gasteiger partial charge < -0.3 is 10.2 Å². The largest absolute Gasteiger partial charge is 0.352 e. The number of piperidine rings is 1. The van der Waals surface area contributed by atoms with Crippen molar-refractivity contribution >= 4 is 15.7 Å². The van der Waals surface area contributed by atoms with Gasteiger partial charge >= 0.3 is 0 Å². The number of carbonyl (C=O) groups is 1. The van der Waals surface area contributed by atoms with Crippen LogP contribution in [-0.2, 0) is 14.6 Å². The van der Waals surface area contributed by atoms with Crippen LogP contribution in [0.5, 0.6) is 0 Å². The molecule has 2 atom stereocenters. The van der Waals surface area contributed by atoms with Crippen LogP contribution < -0.4 is 5.32 Å². The van der Waals surface area contributed by atoms with Crippen LogP contribution in [0.1, 0.15) is 25.7 Å². The van der Waals surface area contributed by atoms with Crippen LogP contribution in [0, 0.1) is 5.92 Å². The lowest BCUT2D eigenvalue weighted by molar-refractivity contribution is -0.122. The monoisotopic (exact) mass is 274 g/mol. The number of sulfone groups is 1. The summed E-state index contributed by atoms with van der Waals surface area (Å²) in [6.45, 7) is 2.08. The molecular weight excluding hydrogens is 252 g/mol. The van der Waals surface area contributed by atoms with E-state index in [1.54, 1.807) is 0 Å². The summed E-state index contributed by atoms with van der Waals surface area (Å²) >= 11 is 0. The predicted octanol–water partition coefficient (Wildman–Crippen LogP) is 0.0216. The van der Waals surface area contributed by atoms with Gasteiger partial charge in [-0.3, -0.25) is 4.79 Å². The lowest BCUT2D eigenvalue weighted by Gasteiger charge is -2.29. The molecule has 5 nitrogen and oxygen atoms in total. The Bertz CT molecular complexity index is 408. The standard InChI is InChI=1S/C12H22N2O3S/c1-14-5-2-3-10(8-14)7-12(15)13-11-4-6-18(16,17)9-11/h10-11H,2-9H2,1H3,(H,13,15). The lowest BCUT2D eigenvalue weighted by Crippen LogP contribution is -2.39. The van der Waals surface area contributed by atoms with Crippen LogP contribution in [0.3, 0.4) is 0 Å². The summed E-state index contributed by atoms with van der Waals surface area (Å²) in [5.74, 6) is 0.757. The van der Waals surface area contributed by atoms with E-state index in [9.17, 15) is 13.2 Å². The van der Waals surface area contributed by atoms with Crippen LogP contribution in [-0.4, -0.2) is 56.9 Å². The highest BCUT2D eigenvalue weighted by atomic mass is 32.2. The summed E-state index contributed by atoms with van der Waals surface area (Å²) in [5, 5.41) is 2.86. The number of hydrogen-bond donors (Lipinski definition) is 1. The van der Waals surface area contributed by atoms with Crippen molar-refractivity contribution in [3.63, 3.8) is 0 Å². The fourth-order valence-electron chi connectivity index (χ4n) is 2.90. The first-order chi connectivity index (χ1) is 8.44. The Hall–Kier alpha value is -0.620. The minimum absolute atomic E-state index is 0.0115. The summed E-state index contributed by atoms with van der Waals surface area (Å²) in [6.07, 6.45) is 3.34. The zero-order valence-corrected chi connectivity index (χ0v) is 11.7. The Balaban J connectivity index is 1.75. The molecule has 0 spiro atoms. The fourth-order valence-corrected chi connectivity index (χ4v) is 4.57. The van der Waals surface area contributed by atoms with Crippen molar-refractivity contribution in [3.8, 4) is 0 Å². The van der Waals surface area contributed by atoms with Crippen molar-refractivity contribution in [2.75, 3.05) is 31.6 Å². The van der Waals surface area contributed by atoms with Gasteiger partial charge in [0, 0.05) is 19.0 Å². The molecular formula is C12H22N2O3S. The third-order valence-corrected chi connectivity index (χ3v) is 5.56. The van der Waals surface area contributed by atoms with E-state index in [0.29, 0.717) is 18.8 Å². The quantitative estimate of drug-likeness (QED) is 0.788. The average molecular weight is 274 g/mol. The first-order valence-electron chi connectivity index (χ1n) is 6.63. The lowest BCUT2D eigenvalue weighted by atomic mass is 9.95. The minimum Gasteiger partial charge on any atom is -0.352 e. The number of amides is 1. The topological polar surface area (TPSA) is 66.5 Å². The molecule has 1 amide bonds. The summed E-state index contributed by atoms with van der Waals surface area (Å²) in [5.41, 5.74) is 0. The molecule has 2 aliphatic rings. The van der Waals surface area contributed by atoms with Crippen molar-refractivity contribution in [3.05, 3.63) is 0 Å². The third kappa shape index (κ3) is 3.95. The van der Waals surface area contributed by atoms with Gasteiger partial charge in [0.1, 0.15) is 0 Å². The van der Waals surface area contributed by atoms with Crippen LogP contribution in [0.2, 0.25) is 0 Å². The molecule has 2 unspecified atom stereocenters. The third-order valence-electron chi connectivity index (χ3n) is 3.79. The Kier molecular flexibility index (Phi) is 4.27. The Labute approximate surface area is 109 Å². The highest BCUT2D eigenvalue weighted by Gasteiger charge is 2.29. The zero-order chi connectivity index (χ0) is 13.2. The second-order valence-electron chi connectivity index (χ2n) is 5.64. The molecule has 2 aliphatic heterocycles. The molecule has 2 saturated heterocycles. The molecule has 0 aromatic heterocycles. The second kappa shape index (κ2) is 5.57. The SMILES string of the molecule is CN1CCCC(CC(=O)NC2CCS(=O)(=O)C2)C1. The zero-order valence-electron chi connectivity index (χ0n) is 10.9. The molecule has 2 heterocycles. The minimum atomic E-state index is -2.91. The van der Waals surface area contributed by atoms with Crippen LogP contribution >= 0.6 is 0 Å². The van der Waals surface area contributed by atoms with Crippen molar-refractivity contribution in [1.29, 1.82) is 0 Å². The van der Waals surface area contributed by atoms with Gasteiger partial charge in [0.15, 0.2) is 9.84 Å². The molecule has 0 aromatic rings. The maximum Gasteiger partial charge on any atom is 0.220 e. The van der Waals surface area contributed by atoms with Gasteiger partial charge in [-0.15, -0.1) is 0 Å². The molecule has 0 radical (unpaired) electrons. The van der Waals surface area contributed by atoms with Gasteiger partial charge in [-0.2, -0.15) is 0 Å². The van der Waals surface area contributed by atoms with Crippen molar-refractivity contribution in [2.24, 2.45) is 5.92 Å². The maximum atomic E-state index is 11.9. The molecule has 2 fully saturated rings. The summed E-state index contributed by atoms with van der Waals surface area (Å²) < 4.78 is 22.6. The van der Waals surface area contributed by atoms with E-state index in [4.69, 9.17) is 0 Å². The number of rotatable bonds is 3. The van der Waals surface area contributed by atoms with Gasteiger partial charge in [-0.25, -0.2) is 8.42 Å². The number of nitrogens with zero attached hydrogens (tertiary/aromatic N) is 1. The highest BCUT2D eigenvalue weighted by molar-refractivity contribution is 7.91. The van der Waals surface area contributed by atoms with Crippen LogP contribution in [0.4, 0.5) is 0 Å². The fraction of sp³-hybridized carbons (Fsp3) is 0.917. The van der Waals surface area contributed by atoms with E-state index in [0.717, 1.165) is 25.9 Å². The van der Waals surface area contributed by atoms with Gasteiger partial charge in [0.25, 0.3) is 0 Å². The average Bonchev–Trinajstić information content (AvgIpc) is 2.57. The van der Waals surface area contributed by atoms with E-state index in [1.807, 2.05) is 0 Å². The van der Waals surface area contributed by atoms with Crippen molar-refractivity contribution in [1.82, 2.24) is 10.2 Å². The summed E-state index contributed by atoms with van der Waals surface area (Å²) in [6, 6.07) is -0.163. The smallest absolute Gasteiger partial charge is 0.220 e. The molecule has 0 aliphatic carbocycles. The molecule has 1 N–H and O–H groups in total. The highest BCUT2D eigenvalue weighted by Crippen LogP contribution is 2.19. The van der Waals surface area contributed by atoms with Crippen molar-refractivity contribution in [2.45, 2.75) is 31.7 Å². The Morgan fingerprint density at radius 3 is 2.78 bits per heavy atom. The normalized spacial score (nSPS) is 32.3. The first kappa shape index (κ1) is 13.8. The molecule has 18 heavy (non-hydrogen) atoms. The number of hydrogen-bond acceptors (Lipinski definition) is 4. The van der Waals surface area contributed by atoms with Gasteiger partial charge in [0.2, 0.25) is 5.91 Å². The summed E-state index contributed by atoms with van der Waals surface area (Å²) in [7, 11) is -0.829. The van der Waals surface area contributed by atoms with Crippen LogP contribution in [0.15, 0.2) is 0 Å². The number of nitrogens with one attached hydrogen (secondary N) is 1. The number of likely N-dealkylation sites (tertiary alicyclic amines) is 1. The van der Waals surface area contributed by atoms with Gasteiger partial charge in [-0.05, 0) is 38.8 Å². The van der Waals surface area contributed by atoms with E-state index in [1.165, 1.54) is 0 Å². The Morgan fingerprint density at radius 1 is 1.39 bits per heavy atom. The van der Waals surface area contributed by atoms with Crippen LogP contribution in [0.25, 0.3) is 0 Å². The molecule has 6 heteroatoms. The molecule has 2 rings (SSSR count). The van der Waals surface area contributed by atoms with E-state index in [-0.39, 0.29) is 23.5 Å². The first-order valence-corrected chi connectivity index (χ1v) is 8.45. The Morgan fingerprint density at radius 2 is 2.17 bits per heavy atom. The van der Waals surface area contributed by atoms with E-state index >= 15 is 0 Å². The van der Waals surface area contributed by atoms with E-state index < -0.39 is 9.84 Å². The van der Waals surface area contributed by atoms with Crippen molar-refractivity contribution < 1.29 is 13.2 Å². The molecule has 104 valence electrons. The van der Waals surface area contributed by atoms with E-state index in [2.05, 4.69) is 17.3 Å². The molecule has 0 aromatic carbocycles. The van der Waals surface area contributed by atoms with Gasteiger partial charge in [0.05, 0.1) is 11.5 Å². The molecule has 0 bridgehead atoms. The molecule has 0 saturated carbocycles.